The number of rotatable bonds is 4. The van der Waals surface area contributed by atoms with Crippen molar-refractivity contribution in [3.8, 4) is 0 Å². The molecule has 0 aromatic heterocycles. The van der Waals surface area contributed by atoms with Crippen molar-refractivity contribution in [1.82, 2.24) is 4.90 Å². The molecule has 0 aliphatic carbocycles. The van der Waals surface area contributed by atoms with Crippen molar-refractivity contribution in [3.05, 3.63) is 0 Å². The Balaban J connectivity index is 2.15. The van der Waals surface area contributed by atoms with E-state index in [0.717, 1.165) is 19.6 Å². The molecule has 1 rings (SSSR count). The Bertz CT molecular complexity index is 179. The summed E-state index contributed by atoms with van der Waals surface area (Å²) in [4.78, 5) is 13.4. The van der Waals surface area contributed by atoms with Crippen LogP contribution in [0.3, 0.4) is 0 Å². The Morgan fingerprint density at radius 2 is 2.07 bits per heavy atom. The molecule has 4 nitrogen and oxygen atoms in total. The summed E-state index contributed by atoms with van der Waals surface area (Å²) >= 11 is 0. The fraction of sp³-hybridized carbons (Fsp3) is 0.900. The van der Waals surface area contributed by atoms with Gasteiger partial charge in [0.15, 0.2) is 0 Å². The van der Waals surface area contributed by atoms with E-state index < -0.39 is 6.04 Å². The summed E-state index contributed by atoms with van der Waals surface area (Å²) in [5.41, 5.74) is 5.64. The first-order valence-electron chi connectivity index (χ1n) is 5.30. The molecule has 1 saturated heterocycles. The number of carbonyl (C=O) groups is 1. The van der Waals surface area contributed by atoms with Crippen LogP contribution in [0.5, 0.6) is 0 Å². The minimum absolute atomic E-state index is 0.304. The number of piperidine rings is 1. The predicted octanol–water partition coefficient (Wildman–Crippen LogP) is 0.363. The second-order valence-corrected chi connectivity index (χ2v) is 3.82. The first-order valence-corrected chi connectivity index (χ1v) is 5.30. The fourth-order valence-electron chi connectivity index (χ4n) is 1.77. The number of carbonyl (C=O) groups excluding carboxylic acids is 1. The largest absolute Gasteiger partial charge is 0.468 e. The summed E-state index contributed by atoms with van der Waals surface area (Å²) < 4.78 is 4.57. The van der Waals surface area contributed by atoms with Crippen molar-refractivity contribution in [2.45, 2.75) is 31.7 Å². The van der Waals surface area contributed by atoms with E-state index in [-0.39, 0.29) is 5.97 Å². The van der Waals surface area contributed by atoms with Gasteiger partial charge in [-0.2, -0.15) is 0 Å². The molecular formula is C10H20N2O2. The molecule has 82 valence electrons. The van der Waals surface area contributed by atoms with Crippen LogP contribution in [0.2, 0.25) is 0 Å². The molecule has 0 bridgehead atoms. The van der Waals surface area contributed by atoms with Crippen molar-refractivity contribution in [3.63, 3.8) is 0 Å². The van der Waals surface area contributed by atoms with Gasteiger partial charge in [-0.05, 0) is 32.4 Å². The molecule has 1 heterocycles. The highest BCUT2D eigenvalue weighted by Crippen LogP contribution is 2.09. The number of likely N-dealkylation sites (tertiary alicyclic amines) is 1. The summed E-state index contributed by atoms with van der Waals surface area (Å²) in [6.45, 7) is 3.21. The lowest BCUT2D eigenvalue weighted by molar-refractivity contribution is -0.142. The van der Waals surface area contributed by atoms with Gasteiger partial charge < -0.3 is 15.4 Å². The van der Waals surface area contributed by atoms with Gasteiger partial charge >= 0.3 is 5.97 Å². The highest BCUT2D eigenvalue weighted by atomic mass is 16.5. The van der Waals surface area contributed by atoms with Crippen LogP contribution < -0.4 is 5.73 Å². The Morgan fingerprint density at radius 1 is 1.43 bits per heavy atom. The second-order valence-electron chi connectivity index (χ2n) is 3.82. The van der Waals surface area contributed by atoms with Crippen LogP contribution in [0.25, 0.3) is 0 Å². The van der Waals surface area contributed by atoms with Gasteiger partial charge in [0.25, 0.3) is 0 Å². The molecule has 14 heavy (non-hydrogen) atoms. The lowest BCUT2D eigenvalue weighted by Gasteiger charge is -2.26. The molecule has 4 heteroatoms. The highest BCUT2D eigenvalue weighted by molar-refractivity contribution is 5.75. The average molecular weight is 200 g/mol. The van der Waals surface area contributed by atoms with Gasteiger partial charge in [-0.15, -0.1) is 0 Å². The van der Waals surface area contributed by atoms with E-state index in [2.05, 4.69) is 9.64 Å². The van der Waals surface area contributed by atoms with Gasteiger partial charge in [-0.3, -0.25) is 4.79 Å². The molecular weight excluding hydrogens is 180 g/mol. The van der Waals surface area contributed by atoms with Gasteiger partial charge in [0.1, 0.15) is 6.04 Å². The standard InChI is InChI=1S/C10H20N2O2/c1-14-10(13)9(11)5-8-12-6-3-2-4-7-12/h9H,2-8,11H2,1H3/t9-/m1/s1. The van der Waals surface area contributed by atoms with Crippen LogP contribution >= 0.6 is 0 Å². The number of ether oxygens (including phenoxy) is 1. The molecule has 1 fully saturated rings. The molecule has 1 atom stereocenters. The maximum Gasteiger partial charge on any atom is 0.322 e. The lowest BCUT2D eigenvalue weighted by atomic mass is 10.1. The van der Waals surface area contributed by atoms with Gasteiger partial charge in [-0.1, -0.05) is 6.42 Å². The van der Waals surface area contributed by atoms with Crippen LogP contribution in [0.15, 0.2) is 0 Å². The van der Waals surface area contributed by atoms with E-state index in [1.807, 2.05) is 0 Å². The van der Waals surface area contributed by atoms with Crippen molar-refractivity contribution >= 4 is 5.97 Å². The minimum atomic E-state index is -0.457. The zero-order valence-corrected chi connectivity index (χ0v) is 8.87. The zero-order valence-electron chi connectivity index (χ0n) is 8.87. The lowest BCUT2D eigenvalue weighted by Crippen LogP contribution is -2.38. The monoisotopic (exact) mass is 200 g/mol. The maximum atomic E-state index is 11.0. The normalized spacial score (nSPS) is 20.4. The Hall–Kier alpha value is -0.610. The molecule has 0 aromatic rings. The Morgan fingerprint density at radius 3 is 2.64 bits per heavy atom. The summed E-state index contributed by atoms with van der Waals surface area (Å²) in [5.74, 6) is -0.304. The molecule has 0 radical (unpaired) electrons. The first-order chi connectivity index (χ1) is 6.74. The Kier molecular flexibility index (Phi) is 4.90. The summed E-state index contributed by atoms with van der Waals surface area (Å²) in [5, 5.41) is 0. The van der Waals surface area contributed by atoms with E-state index in [4.69, 9.17) is 5.73 Å². The number of nitrogens with zero attached hydrogens (tertiary/aromatic N) is 1. The zero-order chi connectivity index (χ0) is 10.4. The number of methoxy groups -OCH3 is 1. The quantitative estimate of drug-likeness (QED) is 0.666. The molecule has 0 unspecified atom stereocenters. The third-order valence-electron chi connectivity index (χ3n) is 2.71. The maximum absolute atomic E-state index is 11.0. The topological polar surface area (TPSA) is 55.6 Å². The molecule has 0 aromatic carbocycles. The summed E-state index contributed by atoms with van der Waals surface area (Å²) in [7, 11) is 1.38. The average Bonchev–Trinajstić information content (AvgIpc) is 2.26. The Labute approximate surface area is 85.4 Å². The second kappa shape index (κ2) is 5.98. The van der Waals surface area contributed by atoms with E-state index in [1.54, 1.807) is 0 Å². The molecule has 0 spiro atoms. The third kappa shape index (κ3) is 3.64. The molecule has 0 saturated carbocycles. The van der Waals surface area contributed by atoms with Crippen LogP contribution in [0.1, 0.15) is 25.7 Å². The molecule has 1 aliphatic rings. The fourth-order valence-corrected chi connectivity index (χ4v) is 1.77. The number of esters is 1. The summed E-state index contributed by atoms with van der Waals surface area (Å²) in [6, 6.07) is -0.457. The van der Waals surface area contributed by atoms with Crippen molar-refractivity contribution in [2.24, 2.45) is 5.73 Å². The predicted molar refractivity (Wildman–Crippen MR) is 54.9 cm³/mol. The SMILES string of the molecule is COC(=O)[C@H](N)CCN1CCCCC1. The smallest absolute Gasteiger partial charge is 0.322 e. The third-order valence-corrected chi connectivity index (χ3v) is 2.71. The van der Waals surface area contributed by atoms with Crippen LogP contribution in [-0.4, -0.2) is 43.7 Å². The van der Waals surface area contributed by atoms with Crippen LogP contribution in [-0.2, 0) is 9.53 Å². The van der Waals surface area contributed by atoms with Crippen molar-refractivity contribution in [2.75, 3.05) is 26.7 Å². The van der Waals surface area contributed by atoms with E-state index in [0.29, 0.717) is 6.42 Å². The minimum Gasteiger partial charge on any atom is -0.468 e. The highest BCUT2D eigenvalue weighted by Gasteiger charge is 2.16. The number of nitrogens with two attached hydrogens (primary N) is 1. The molecule has 2 N–H and O–H groups in total. The van der Waals surface area contributed by atoms with Gasteiger partial charge in [-0.25, -0.2) is 0 Å². The molecule has 0 amide bonds. The molecule has 1 aliphatic heterocycles. The van der Waals surface area contributed by atoms with Crippen LogP contribution in [0, 0.1) is 0 Å². The summed E-state index contributed by atoms with van der Waals surface area (Å²) in [6.07, 6.45) is 4.58. The van der Waals surface area contributed by atoms with E-state index in [1.165, 1.54) is 26.4 Å². The number of hydrogen-bond acceptors (Lipinski definition) is 4. The van der Waals surface area contributed by atoms with E-state index >= 15 is 0 Å². The van der Waals surface area contributed by atoms with Crippen LogP contribution in [0.4, 0.5) is 0 Å². The van der Waals surface area contributed by atoms with Gasteiger partial charge in [0.2, 0.25) is 0 Å². The van der Waals surface area contributed by atoms with Crippen molar-refractivity contribution in [1.29, 1.82) is 0 Å². The van der Waals surface area contributed by atoms with Crippen molar-refractivity contribution < 1.29 is 9.53 Å². The van der Waals surface area contributed by atoms with E-state index in [9.17, 15) is 4.79 Å². The van der Waals surface area contributed by atoms with Gasteiger partial charge in [0.05, 0.1) is 7.11 Å². The number of hydrogen-bond donors (Lipinski definition) is 1. The first kappa shape index (κ1) is 11.5. The van der Waals surface area contributed by atoms with Gasteiger partial charge in [0, 0.05) is 6.54 Å².